The van der Waals surface area contributed by atoms with Crippen molar-refractivity contribution in [2.45, 2.75) is 51.9 Å². The second-order valence-corrected chi connectivity index (χ2v) is 6.61. The predicted octanol–water partition coefficient (Wildman–Crippen LogP) is 0.164. The first-order valence-electron chi connectivity index (χ1n) is 9.07. The average molecular weight is 452 g/mol. The second-order valence-electron chi connectivity index (χ2n) is 6.61. The number of anilines is 1. The molecule has 1 saturated heterocycles. The Labute approximate surface area is 180 Å². The zero-order valence-electron chi connectivity index (χ0n) is 17.5. The first-order valence-corrected chi connectivity index (χ1v) is 9.07. The Balaban J connectivity index is 2.62. The number of esters is 3. The molecule has 2 rings (SSSR count). The van der Waals surface area contributed by atoms with Crippen molar-refractivity contribution in [3.63, 3.8) is 0 Å². The molecule has 0 aromatic carbocycles. The number of aromatic nitrogens is 2. The summed E-state index contributed by atoms with van der Waals surface area (Å²) in [5.74, 6) is -2.99. The SMILES string of the molecule is CC(=O)Nc1ccn(C2O[C@@](COC(C)=O)(N=[N+]=[N-])[C@@H](OC(C)=O)[C@H]2OC(C)=O)c(=O)n1. The molecular weight excluding hydrogens is 432 g/mol. The summed E-state index contributed by atoms with van der Waals surface area (Å²) >= 11 is 0. The first kappa shape index (κ1) is 24.3. The molecular formula is C17H20N6O9. The molecule has 1 aromatic heterocycles. The molecule has 0 aliphatic carbocycles. The van der Waals surface area contributed by atoms with Crippen LogP contribution in [0.4, 0.5) is 5.82 Å². The fourth-order valence-electron chi connectivity index (χ4n) is 2.98. The third kappa shape index (κ3) is 5.59. The highest BCUT2D eigenvalue weighted by Gasteiger charge is 2.61. The van der Waals surface area contributed by atoms with Crippen LogP contribution in [0.2, 0.25) is 0 Å². The average Bonchev–Trinajstić information content (AvgIpc) is 2.93. The van der Waals surface area contributed by atoms with Crippen LogP contribution >= 0.6 is 0 Å². The summed E-state index contributed by atoms with van der Waals surface area (Å²) in [5.41, 5.74) is 5.96. The lowest BCUT2D eigenvalue weighted by Crippen LogP contribution is -2.49. The van der Waals surface area contributed by atoms with E-state index < -0.39 is 60.3 Å². The van der Waals surface area contributed by atoms with Crippen LogP contribution in [0.25, 0.3) is 10.4 Å². The Morgan fingerprint density at radius 1 is 1.22 bits per heavy atom. The molecule has 0 saturated carbocycles. The summed E-state index contributed by atoms with van der Waals surface area (Å²) < 4.78 is 22.0. The van der Waals surface area contributed by atoms with Crippen molar-refractivity contribution < 1.29 is 38.1 Å². The van der Waals surface area contributed by atoms with Gasteiger partial charge in [-0.25, -0.2) is 4.79 Å². The summed E-state index contributed by atoms with van der Waals surface area (Å²) in [6.45, 7) is 3.68. The second kappa shape index (κ2) is 9.89. The van der Waals surface area contributed by atoms with E-state index in [-0.39, 0.29) is 5.82 Å². The zero-order chi connectivity index (χ0) is 24.1. The van der Waals surface area contributed by atoms with Crippen LogP contribution in [0.1, 0.15) is 33.9 Å². The molecule has 1 amide bonds. The Bertz CT molecular complexity index is 1030. The van der Waals surface area contributed by atoms with Gasteiger partial charge in [-0.2, -0.15) is 4.98 Å². The van der Waals surface area contributed by atoms with E-state index in [1.807, 2.05) is 0 Å². The number of amides is 1. The number of hydrogen-bond acceptors (Lipinski definition) is 11. The van der Waals surface area contributed by atoms with Gasteiger partial charge in [-0.05, 0) is 11.6 Å². The van der Waals surface area contributed by atoms with Gasteiger partial charge in [0.25, 0.3) is 0 Å². The Morgan fingerprint density at radius 3 is 2.38 bits per heavy atom. The van der Waals surface area contributed by atoms with Crippen LogP contribution < -0.4 is 11.0 Å². The lowest BCUT2D eigenvalue weighted by molar-refractivity contribution is -0.176. The topological polar surface area (TPSA) is 201 Å². The van der Waals surface area contributed by atoms with Crippen molar-refractivity contribution in [1.82, 2.24) is 9.55 Å². The number of rotatable bonds is 7. The van der Waals surface area contributed by atoms with Crippen LogP contribution in [0.5, 0.6) is 0 Å². The van der Waals surface area contributed by atoms with Crippen LogP contribution in [0.15, 0.2) is 22.2 Å². The van der Waals surface area contributed by atoms with Gasteiger partial charge in [0.05, 0.1) is 0 Å². The maximum absolute atomic E-state index is 12.6. The molecule has 0 bridgehead atoms. The van der Waals surface area contributed by atoms with Crippen molar-refractivity contribution in [3.8, 4) is 0 Å². The minimum absolute atomic E-state index is 0.0569. The number of carbonyl (C=O) groups is 4. The molecule has 0 spiro atoms. The summed E-state index contributed by atoms with van der Waals surface area (Å²) in [6.07, 6.45) is -3.42. The third-order valence-corrected chi connectivity index (χ3v) is 4.05. The molecule has 1 N–H and O–H groups in total. The number of nitrogens with zero attached hydrogens (tertiary/aromatic N) is 5. The molecule has 1 unspecified atom stereocenters. The quantitative estimate of drug-likeness (QED) is 0.195. The largest absolute Gasteiger partial charge is 0.462 e. The van der Waals surface area contributed by atoms with E-state index in [1.165, 1.54) is 19.2 Å². The zero-order valence-corrected chi connectivity index (χ0v) is 17.5. The molecule has 2 heterocycles. The molecule has 0 radical (unpaired) electrons. The number of carbonyl (C=O) groups excluding carboxylic acids is 4. The van der Waals surface area contributed by atoms with E-state index in [4.69, 9.17) is 24.5 Å². The number of hydrogen-bond donors (Lipinski definition) is 1. The molecule has 1 fully saturated rings. The van der Waals surface area contributed by atoms with E-state index in [0.717, 1.165) is 25.3 Å². The molecule has 1 aliphatic heterocycles. The molecule has 1 aromatic rings. The molecule has 1 aliphatic rings. The van der Waals surface area contributed by atoms with Crippen LogP contribution in [-0.4, -0.2) is 57.9 Å². The summed E-state index contributed by atoms with van der Waals surface area (Å²) in [6, 6.07) is 1.26. The Hall–Kier alpha value is -3.97. The van der Waals surface area contributed by atoms with Gasteiger partial charge < -0.3 is 24.3 Å². The monoisotopic (exact) mass is 452 g/mol. The van der Waals surface area contributed by atoms with Gasteiger partial charge in [-0.1, -0.05) is 5.11 Å². The lowest BCUT2D eigenvalue weighted by Gasteiger charge is -2.29. The van der Waals surface area contributed by atoms with Gasteiger partial charge >= 0.3 is 23.6 Å². The summed E-state index contributed by atoms with van der Waals surface area (Å²) in [4.78, 5) is 65.0. The Morgan fingerprint density at radius 2 is 1.88 bits per heavy atom. The van der Waals surface area contributed by atoms with Gasteiger partial charge in [-0.3, -0.25) is 23.7 Å². The minimum atomic E-state index is -2.17. The maximum Gasteiger partial charge on any atom is 0.351 e. The first-order chi connectivity index (χ1) is 15.0. The minimum Gasteiger partial charge on any atom is -0.462 e. The lowest BCUT2D eigenvalue weighted by atomic mass is 10.0. The fourth-order valence-corrected chi connectivity index (χ4v) is 2.98. The standard InChI is InChI=1S/C17H20N6O9/c1-8(24)19-12-5-6-23(16(28)20-12)15-13(30-10(3)26)14(31-11(4)27)17(32-15,21-22-18)7-29-9(2)25/h5-6,13-15H,7H2,1-4H3,(H,19,20,24,28)/t13-,14+,15?,17-/m1/s1. The number of azide groups is 1. The van der Waals surface area contributed by atoms with Gasteiger partial charge in [0.2, 0.25) is 11.6 Å². The highest BCUT2D eigenvalue weighted by molar-refractivity contribution is 5.87. The van der Waals surface area contributed by atoms with Crippen molar-refractivity contribution in [1.29, 1.82) is 0 Å². The summed E-state index contributed by atoms with van der Waals surface area (Å²) in [5, 5.41) is 5.83. The molecule has 15 nitrogen and oxygen atoms in total. The number of ether oxygens (including phenoxy) is 4. The highest BCUT2D eigenvalue weighted by Crippen LogP contribution is 2.42. The Kier molecular flexibility index (Phi) is 7.51. The molecule has 15 heteroatoms. The van der Waals surface area contributed by atoms with Crippen molar-refractivity contribution in [3.05, 3.63) is 33.2 Å². The highest BCUT2D eigenvalue weighted by atomic mass is 16.7. The van der Waals surface area contributed by atoms with E-state index in [2.05, 4.69) is 20.3 Å². The predicted molar refractivity (Wildman–Crippen MR) is 103 cm³/mol. The van der Waals surface area contributed by atoms with Gasteiger partial charge in [0, 0.05) is 38.8 Å². The van der Waals surface area contributed by atoms with Crippen molar-refractivity contribution >= 4 is 29.6 Å². The van der Waals surface area contributed by atoms with Gasteiger partial charge in [0.15, 0.2) is 18.4 Å². The third-order valence-electron chi connectivity index (χ3n) is 4.05. The summed E-state index contributed by atoms with van der Waals surface area (Å²) in [7, 11) is 0. The van der Waals surface area contributed by atoms with Crippen molar-refractivity contribution in [2.24, 2.45) is 5.11 Å². The van der Waals surface area contributed by atoms with E-state index in [0.29, 0.717) is 0 Å². The molecule has 172 valence electrons. The van der Waals surface area contributed by atoms with Crippen molar-refractivity contribution in [2.75, 3.05) is 11.9 Å². The van der Waals surface area contributed by atoms with E-state index in [9.17, 15) is 24.0 Å². The van der Waals surface area contributed by atoms with E-state index >= 15 is 0 Å². The van der Waals surface area contributed by atoms with Crippen LogP contribution in [-0.2, 0) is 38.1 Å². The van der Waals surface area contributed by atoms with Gasteiger partial charge in [0.1, 0.15) is 12.4 Å². The molecule has 4 atom stereocenters. The maximum atomic E-state index is 12.6. The van der Waals surface area contributed by atoms with Gasteiger partial charge in [-0.15, -0.1) is 0 Å². The van der Waals surface area contributed by atoms with Crippen LogP contribution in [0, 0.1) is 0 Å². The normalized spacial score (nSPS) is 24.1. The van der Waals surface area contributed by atoms with E-state index in [1.54, 1.807) is 0 Å². The molecule has 32 heavy (non-hydrogen) atoms. The fraction of sp³-hybridized carbons (Fsp3) is 0.529. The van der Waals surface area contributed by atoms with Crippen LogP contribution in [0.3, 0.4) is 0 Å². The smallest absolute Gasteiger partial charge is 0.351 e. The number of nitrogens with one attached hydrogen (secondary N) is 1.